The SMILES string of the molecule is CCc1ccc(C(CNC(=O)C=Cc2ccc3c(c2)OCO3)N(C)C)cc1. The van der Waals surface area contributed by atoms with Crippen molar-refractivity contribution in [3.63, 3.8) is 0 Å². The number of hydrogen-bond acceptors (Lipinski definition) is 4. The van der Waals surface area contributed by atoms with Gasteiger partial charge < -0.3 is 19.7 Å². The topological polar surface area (TPSA) is 50.8 Å². The van der Waals surface area contributed by atoms with Gasteiger partial charge in [0, 0.05) is 12.6 Å². The second-order valence-electron chi connectivity index (χ2n) is 6.77. The summed E-state index contributed by atoms with van der Waals surface area (Å²) in [6.45, 7) is 2.93. The zero-order valence-electron chi connectivity index (χ0n) is 16.1. The Labute approximate surface area is 160 Å². The number of benzene rings is 2. The second-order valence-corrected chi connectivity index (χ2v) is 6.77. The molecule has 2 aromatic carbocycles. The van der Waals surface area contributed by atoms with Crippen LogP contribution in [-0.4, -0.2) is 38.2 Å². The lowest BCUT2D eigenvalue weighted by molar-refractivity contribution is -0.116. The number of nitrogens with one attached hydrogen (secondary N) is 1. The van der Waals surface area contributed by atoms with E-state index in [1.165, 1.54) is 11.1 Å². The van der Waals surface area contributed by atoms with Gasteiger partial charge in [0.15, 0.2) is 11.5 Å². The summed E-state index contributed by atoms with van der Waals surface area (Å²) in [5, 5.41) is 2.99. The van der Waals surface area contributed by atoms with E-state index in [4.69, 9.17) is 9.47 Å². The Balaban J connectivity index is 1.58. The predicted octanol–water partition coefficient (Wildman–Crippen LogP) is 3.41. The van der Waals surface area contributed by atoms with Crippen molar-refractivity contribution in [3.05, 3.63) is 65.2 Å². The molecule has 0 radical (unpaired) electrons. The Bertz CT molecular complexity index is 813. The first-order valence-corrected chi connectivity index (χ1v) is 9.17. The lowest BCUT2D eigenvalue weighted by Crippen LogP contribution is -2.33. The van der Waals surface area contributed by atoms with Gasteiger partial charge in [-0.3, -0.25) is 4.79 Å². The quantitative estimate of drug-likeness (QED) is 0.763. The van der Waals surface area contributed by atoms with Gasteiger partial charge in [0.2, 0.25) is 12.7 Å². The van der Waals surface area contributed by atoms with E-state index in [2.05, 4.69) is 41.4 Å². The lowest BCUT2D eigenvalue weighted by Gasteiger charge is -2.25. The summed E-state index contributed by atoms with van der Waals surface area (Å²) in [6.07, 6.45) is 4.34. The van der Waals surface area contributed by atoms with E-state index in [0.717, 1.165) is 17.7 Å². The first-order valence-electron chi connectivity index (χ1n) is 9.17. The summed E-state index contributed by atoms with van der Waals surface area (Å²) in [5.74, 6) is 1.32. The van der Waals surface area contributed by atoms with E-state index in [-0.39, 0.29) is 18.7 Å². The first kappa shape index (κ1) is 19.0. The van der Waals surface area contributed by atoms with E-state index in [9.17, 15) is 4.79 Å². The highest BCUT2D eigenvalue weighted by Crippen LogP contribution is 2.32. The summed E-state index contributed by atoms with van der Waals surface area (Å²) in [4.78, 5) is 14.4. The van der Waals surface area contributed by atoms with Crippen LogP contribution in [0.1, 0.15) is 29.7 Å². The van der Waals surface area contributed by atoms with E-state index in [1.807, 2.05) is 32.3 Å². The van der Waals surface area contributed by atoms with Crippen molar-refractivity contribution in [1.82, 2.24) is 10.2 Å². The smallest absolute Gasteiger partial charge is 0.244 e. The number of fused-ring (bicyclic) bond motifs is 1. The molecule has 1 atom stereocenters. The van der Waals surface area contributed by atoms with Crippen LogP contribution in [-0.2, 0) is 11.2 Å². The number of carbonyl (C=O) groups excluding carboxylic acids is 1. The molecule has 0 saturated carbocycles. The number of likely N-dealkylation sites (N-methyl/N-ethyl adjacent to an activating group) is 1. The third-order valence-corrected chi connectivity index (χ3v) is 4.69. The number of ether oxygens (including phenoxy) is 2. The Kier molecular flexibility index (Phi) is 6.14. The highest BCUT2D eigenvalue weighted by atomic mass is 16.7. The molecule has 1 aliphatic rings. The fraction of sp³-hybridized carbons (Fsp3) is 0.318. The molecular weight excluding hydrogens is 340 g/mol. The van der Waals surface area contributed by atoms with E-state index >= 15 is 0 Å². The number of amides is 1. The number of hydrogen-bond donors (Lipinski definition) is 1. The number of aryl methyl sites for hydroxylation is 1. The van der Waals surface area contributed by atoms with Gasteiger partial charge in [0.1, 0.15) is 0 Å². The number of rotatable bonds is 7. The molecular formula is C22H26N2O3. The molecule has 1 heterocycles. The van der Waals surface area contributed by atoms with Crippen LogP contribution in [0.25, 0.3) is 6.08 Å². The van der Waals surface area contributed by atoms with Crippen LogP contribution >= 0.6 is 0 Å². The molecule has 0 bridgehead atoms. The largest absolute Gasteiger partial charge is 0.454 e. The van der Waals surface area contributed by atoms with Crippen molar-refractivity contribution in [3.8, 4) is 11.5 Å². The number of nitrogens with zero attached hydrogens (tertiary/aromatic N) is 1. The summed E-state index contributed by atoms with van der Waals surface area (Å²) >= 11 is 0. The van der Waals surface area contributed by atoms with Crippen LogP contribution in [0.4, 0.5) is 0 Å². The second kappa shape index (κ2) is 8.73. The maximum Gasteiger partial charge on any atom is 0.244 e. The summed E-state index contributed by atoms with van der Waals surface area (Å²) in [6, 6.07) is 14.3. The monoisotopic (exact) mass is 366 g/mol. The first-order chi connectivity index (χ1) is 13.1. The molecule has 27 heavy (non-hydrogen) atoms. The third-order valence-electron chi connectivity index (χ3n) is 4.69. The van der Waals surface area contributed by atoms with Crippen LogP contribution in [0.5, 0.6) is 11.5 Å². The molecule has 0 saturated heterocycles. The number of carbonyl (C=O) groups is 1. The average molecular weight is 366 g/mol. The molecule has 0 fully saturated rings. The normalized spacial score (nSPS) is 13.9. The zero-order chi connectivity index (χ0) is 19.2. The molecule has 3 rings (SSSR count). The molecule has 1 aliphatic heterocycles. The Morgan fingerprint density at radius 3 is 2.59 bits per heavy atom. The van der Waals surface area contributed by atoms with Gasteiger partial charge in [-0.15, -0.1) is 0 Å². The standard InChI is InChI=1S/C22H26N2O3/c1-4-16-5-9-18(10-6-16)19(24(2)3)14-23-22(25)12-8-17-7-11-20-21(13-17)27-15-26-20/h5-13,19H,4,14-15H2,1-3H3,(H,23,25). The summed E-state index contributed by atoms with van der Waals surface area (Å²) in [5.41, 5.74) is 3.40. The molecule has 2 aromatic rings. The highest BCUT2D eigenvalue weighted by molar-refractivity contribution is 5.91. The van der Waals surface area contributed by atoms with Crippen molar-refractivity contribution in [1.29, 1.82) is 0 Å². The minimum atomic E-state index is -0.121. The molecule has 142 valence electrons. The van der Waals surface area contributed by atoms with Crippen molar-refractivity contribution in [2.24, 2.45) is 0 Å². The van der Waals surface area contributed by atoms with Crippen molar-refractivity contribution >= 4 is 12.0 Å². The van der Waals surface area contributed by atoms with Crippen molar-refractivity contribution in [2.75, 3.05) is 27.4 Å². The fourth-order valence-electron chi connectivity index (χ4n) is 3.02. The van der Waals surface area contributed by atoms with Crippen LogP contribution < -0.4 is 14.8 Å². The Morgan fingerprint density at radius 2 is 1.89 bits per heavy atom. The minimum Gasteiger partial charge on any atom is -0.454 e. The molecule has 0 spiro atoms. The maximum absolute atomic E-state index is 12.2. The van der Waals surface area contributed by atoms with Gasteiger partial charge >= 0.3 is 0 Å². The molecule has 0 aromatic heterocycles. The van der Waals surface area contributed by atoms with Gasteiger partial charge in [0.05, 0.1) is 6.04 Å². The third kappa shape index (κ3) is 4.89. The molecule has 1 amide bonds. The maximum atomic E-state index is 12.2. The highest BCUT2D eigenvalue weighted by Gasteiger charge is 2.15. The van der Waals surface area contributed by atoms with E-state index in [0.29, 0.717) is 12.3 Å². The minimum absolute atomic E-state index is 0.121. The van der Waals surface area contributed by atoms with Crippen molar-refractivity contribution < 1.29 is 14.3 Å². The average Bonchev–Trinajstić information content (AvgIpc) is 3.14. The van der Waals surface area contributed by atoms with Crippen LogP contribution in [0.3, 0.4) is 0 Å². The van der Waals surface area contributed by atoms with E-state index < -0.39 is 0 Å². The van der Waals surface area contributed by atoms with E-state index in [1.54, 1.807) is 12.2 Å². The molecule has 5 nitrogen and oxygen atoms in total. The van der Waals surface area contributed by atoms with Gasteiger partial charge in [-0.1, -0.05) is 37.3 Å². The van der Waals surface area contributed by atoms with Gasteiger partial charge in [-0.05, 0) is 55.4 Å². The van der Waals surface area contributed by atoms with Gasteiger partial charge in [0.25, 0.3) is 0 Å². The van der Waals surface area contributed by atoms with Crippen LogP contribution in [0, 0.1) is 0 Å². The fourth-order valence-corrected chi connectivity index (χ4v) is 3.02. The van der Waals surface area contributed by atoms with Crippen LogP contribution in [0.15, 0.2) is 48.5 Å². The molecule has 5 heteroatoms. The summed E-state index contributed by atoms with van der Waals surface area (Å²) in [7, 11) is 4.04. The van der Waals surface area contributed by atoms with Crippen LogP contribution in [0.2, 0.25) is 0 Å². The molecule has 1 N–H and O–H groups in total. The Hall–Kier alpha value is -2.79. The summed E-state index contributed by atoms with van der Waals surface area (Å²) < 4.78 is 10.6. The predicted molar refractivity (Wildman–Crippen MR) is 107 cm³/mol. The zero-order valence-corrected chi connectivity index (χ0v) is 16.1. The lowest BCUT2D eigenvalue weighted by atomic mass is 10.0. The Morgan fingerprint density at radius 1 is 1.15 bits per heavy atom. The van der Waals surface area contributed by atoms with Gasteiger partial charge in [-0.25, -0.2) is 0 Å². The van der Waals surface area contributed by atoms with Crippen molar-refractivity contribution in [2.45, 2.75) is 19.4 Å². The molecule has 1 unspecified atom stereocenters. The molecule has 0 aliphatic carbocycles. The van der Waals surface area contributed by atoms with Gasteiger partial charge in [-0.2, -0.15) is 0 Å².